The van der Waals surface area contributed by atoms with Gasteiger partial charge in [0.2, 0.25) is 0 Å². The second-order valence-corrected chi connectivity index (χ2v) is 5.15. The average molecular weight is 246 g/mol. The van der Waals surface area contributed by atoms with Gasteiger partial charge >= 0.3 is 0 Å². The Balaban J connectivity index is 2.18. The van der Waals surface area contributed by atoms with Crippen LogP contribution in [0.25, 0.3) is 27.6 Å². The molecule has 0 aliphatic heterocycles. The normalized spacial score (nSPS) is 13.9. The third-order valence-electron chi connectivity index (χ3n) is 4.00. The number of benzene rings is 3. The van der Waals surface area contributed by atoms with Crippen LogP contribution in [-0.4, -0.2) is 5.11 Å². The van der Waals surface area contributed by atoms with Gasteiger partial charge in [-0.1, -0.05) is 42.5 Å². The van der Waals surface area contributed by atoms with E-state index in [0.29, 0.717) is 5.75 Å². The topological polar surface area (TPSA) is 20.2 Å². The Hall–Kier alpha value is -2.28. The van der Waals surface area contributed by atoms with Crippen LogP contribution < -0.4 is 0 Å². The molecule has 0 aromatic heterocycles. The maximum absolute atomic E-state index is 9.71. The van der Waals surface area contributed by atoms with Crippen LogP contribution in [0.15, 0.2) is 48.5 Å². The maximum atomic E-state index is 9.71. The molecule has 1 N–H and O–H groups in total. The first-order valence-electron chi connectivity index (χ1n) is 6.67. The predicted molar refractivity (Wildman–Crippen MR) is 80.5 cm³/mol. The minimum absolute atomic E-state index is 0.327. The zero-order valence-electron chi connectivity index (χ0n) is 10.6. The van der Waals surface area contributed by atoms with Crippen molar-refractivity contribution in [3.05, 3.63) is 59.7 Å². The van der Waals surface area contributed by atoms with Gasteiger partial charge in [-0.25, -0.2) is 0 Å². The monoisotopic (exact) mass is 246 g/mol. The highest BCUT2D eigenvalue weighted by atomic mass is 16.3. The Morgan fingerprint density at radius 1 is 0.842 bits per heavy atom. The van der Waals surface area contributed by atoms with Gasteiger partial charge in [-0.15, -0.1) is 0 Å². The molecular formula is C18H14O. The summed E-state index contributed by atoms with van der Waals surface area (Å²) in [6, 6.07) is 14.3. The van der Waals surface area contributed by atoms with Gasteiger partial charge in [-0.3, -0.25) is 0 Å². The van der Waals surface area contributed by atoms with Crippen molar-refractivity contribution in [1.29, 1.82) is 0 Å². The van der Waals surface area contributed by atoms with Gasteiger partial charge in [0, 0.05) is 0 Å². The molecule has 1 nitrogen and oxygen atoms in total. The number of aryl methyl sites for hydroxylation is 1. The molecule has 0 radical (unpaired) electrons. The second-order valence-electron chi connectivity index (χ2n) is 5.15. The number of phenols is 1. The summed E-state index contributed by atoms with van der Waals surface area (Å²) in [6.45, 7) is 0. The fourth-order valence-electron chi connectivity index (χ4n) is 3.05. The minimum Gasteiger partial charge on any atom is -0.508 e. The number of hydrogen-bond donors (Lipinski definition) is 1. The van der Waals surface area contributed by atoms with E-state index < -0.39 is 0 Å². The molecular weight excluding hydrogens is 232 g/mol. The van der Waals surface area contributed by atoms with E-state index in [1.54, 1.807) is 6.07 Å². The molecule has 19 heavy (non-hydrogen) atoms. The second kappa shape index (κ2) is 3.86. The van der Waals surface area contributed by atoms with E-state index in [1.807, 2.05) is 12.1 Å². The van der Waals surface area contributed by atoms with Crippen LogP contribution in [0, 0.1) is 0 Å². The summed E-state index contributed by atoms with van der Waals surface area (Å²) < 4.78 is 0. The molecule has 0 spiro atoms. The van der Waals surface area contributed by atoms with Gasteiger partial charge in [0.05, 0.1) is 0 Å². The number of fused-ring (bicyclic) bond motifs is 5. The molecule has 0 fully saturated rings. The summed E-state index contributed by atoms with van der Waals surface area (Å²) in [7, 11) is 0. The molecule has 0 saturated carbocycles. The molecule has 0 unspecified atom stereocenters. The highest BCUT2D eigenvalue weighted by molar-refractivity contribution is 6.10. The number of aromatic hydroxyl groups is 1. The molecule has 3 aromatic rings. The summed E-state index contributed by atoms with van der Waals surface area (Å²) in [4.78, 5) is 0. The summed E-state index contributed by atoms with van der Waals surface area (Å²) in [5.41, 5.74) is 2.77. The lowest BCUT2D eigenvalue weighted by atomic mass is 9.90. The first-order valence-corrected chi connectivity index (χ1v) is 6.67. The van der Waals surface area contributed by atoms with E-state index in [2.05, 4.69) is 36.4 Å². The number of hydrogen-bond acceptors (Lipinski definition) is 1. The summed E-state index contributed by atoms with van der Waals surface area (Å²) in [5.74, 6) is 0.327. The highest BCUT2D eigenvalue weighted by Crippen LogP contribution is 2.33. The fraction of sp³-hybridized carbons (Fsp3) is 0.111. The van der Waals surface area contributed by atoms with E-state index in [1.165, 1.54) is 27.3 Å². The van der Waals surface area contributed by atoms with Crippen LogP contribution in [0.1, 0.15) is 17.5 Å². The number of allylic oxidation sites excluding steroid dienone is 1. The lowest BCUT2D eigenvalue weighted by Crippen LogP contribution is -1.95. The van der Waals surface area contributed by atoms with Crippen LogP contribution >= 0.6 is 0 Å². The van der Waals surface area contributed by atoms with Crippen molar-refractivity contribution < 1.29 is 5.11 Å². The van der Waals surface area contributed by atoms with Crippen LogP contribution in [0.5, 0.6) is 5.75 Å². The molecule has 0 saturated heterocycles. The largest absolute Gasteiger partial charge is 0.508 e. The first kappa shape index (κ1) is 10.6. The van der Waals surface area contributed by atoms with Crippen molar-refractivity contribution in [2.45, 2.75) is 12.8 Å². The van der Waals surface area contributed by atoms with Crippen molar-refractivity contribution in [2.24, 2.45) is 0 Å². The van der Waals surface area contributed by atoms with Gasteiger partial charge in [-0.05, 0) is 57.6 Å². The highest BCUT2D eigenvalue weighted by Gasteiger charge is 2.10. The van der Waals surface area contributed by atoms with Gasteiger partial charge in [0.1, 0.15) is 5.75 Å². The smallest absolute Gasteiger partial charge is 0.116 e. The quantitative estimate of drug-likeness (QED) is 0.572. The minimum atomic E-state index is 0.327. The Morgan fingerprint density at radius 3 is 2.63 bits per heavy atom. The van der Waals surface area contributed by atoms with Crippen molar-refractivity contribution in [3.8, 4) is 5.75 Å². The van der Waals surface area contributed by atoms with E-state index in [9.17, 15) is 5.11 Å². The summed E-state index contributed by atoms with van der Waals surface area (Å²) >= 11 is 0. The number of phenolic OH excluding ortho intramolecular Hbond substituents is 1. The predicted octanol–water partition coefficient (Wildman–Crippen LogP) is 4.66. The molecule has 0 bridgehead atoms. The van der Waals surface area contributed by atoms with Crippen LogP contribution in [-0.2, 0) is 6.42 Å². The van der Waals surface area contributed by atoms with E-state index in [-0.39, 0.29) is 0 Å². The Morgan fingerprint density at radius 2 is 1.68 bits per heavy atom. The average Bonchev–Trinajstić information content (AvgIpc) is 2.46. The molecule has 4 rings (SSSR count). The molecule has 0 atom stereocenters. The maximum Gasteiger partial charge on any atom is 0.116 e. The van der Waals surface area contributed by atoms with Gasteiger partial charge in [0.15, 0.2) is 0 Å². The van der Waals surface area contributed by atoms with Gasteiger partial charge in [0.25, 0.3) is 0 Å². The van der Waals surface area contributed by atoms with E-state index >= 15 is 0 Å². The molecule has 92 valence electrons. The lowest BCUT2D eigenvalue weighted by Gasteiger charge is -2.14. The van der Waals surface area contributed by atoms with Crippen LogP contribution in [0.3, 0.4) is 0 Å². The molecule has 1 aliphatic carbocycles. The summed E-state index contributed by atoms with van der Waals surface area (Å²) in [5, 5.41) is 14.5. The third-order valence-corrected chi connectivity index (χ3v) is 4.00. The third kappa shape index (κ3) is 1.55. The first-order chi connectivity index (χ1) is 9.33. The van der Waals surface area contributed by atoms with Crippen molar-refractivity contribution in [1.82, 2.24) is 0 Å². The zero-order chi connectivity index (χ0) is 12.8. The van der Waals surface area contributed by atoms with Crippen LogP contribution in [0.2, 0.25) is 0 Å². The summed E-state index contributed by atoms with van der Waals surface area (Å²) in [6.07, 6.45) is 6.73. The zero-order valence-corrected chi connectivity index (χ0v) is 10.6. The van der Waals surface area contributed by atoms with Gasteiger partial charge < -0.3 is 5.11 Å². The molecule has 3 aromatic carbocycles. The number of rotatable bonds is 0. The lowest BCUT2D eigenvalue weighted by molar-refractivity contribution is 0.476. The Bertz CT molecular complexity index is 828. The standard InChI is InChI=1S/C18H14O/c19-14-8-5-13-7-9-16-15-4-2-1-3-12(15)6-10-17(16)18(13)11-14/h2,4-11,19H,1,3H2. The molecule has 0 amide bonds. The van der Waals surface area contributed by atoms with Crippen molar-refractivity contribution >= 4 is 27.6 Å². The van der Waals surface area contributed by atoms with E-state index in [0.717, 1.165) is 18.2 Å². The SMILES string of the molecule is Oc1ccc2ccc3c4c(ccc3c2c1)CCC=C4. The van der Waals surface area contributed by atoms with Crippen LogP contribution in [0.4, 0.5) is 0 Å². The Kier molecular flexibility index (Phi) is 2.16. The molecule has 1 heteroatoms. The molecule has 1 aliphatic rings. The molecule has 0 heterocycles. The Labute approximate surface area is 111 Å². The van der Waals surface area contributed by atoms with Gasteiger partial charge in [-0.2, -0.15) is 0 Å². The fourth-order valence-corrected chi connectivity index (χ4v) is 3.05. The van der Waals surface area contributed by atoms with E-state index in [4.69, 9.17) is 0 Å². The van der Waals surface area contributed by atoms with Crippen molar-refractivity contribution in [2.75, 3.05) is 0 Å². The van der Waals surface area contributed by atoms with Crippen molar-refractivity contribution in [3.63, 3.8) is 0 Å².